The first kappa shape index (κ1) is 18.7. The van der Waals surface area contributed by atoms with E-state index in [0.717, 1.165) is 24.4 Å². The molecule has 25 heavy (non-hydrogen) atoms. The second-order valence-corrected chi connectivity index (χ2v) is 6.14. The second kappa shape index (κ2) is 8.46. The number of rotatable bonds is 8. The number of nitrogens with zero attached hydrogens (tertiary/aromatic N) is 2. The molecule has 6 heteroatoms. The Morgan fingerprint density at radius 3 is 2.68 bits per heavy atom. The highest BCUT2D eigenvalue weighted by molar-refractivity contribution is 5.94. The van der Waals surface area contributed by atoms with Crippen molar-refractivity contribution < 1.29 is 14.3 Å². The van der Waals surface area contributed by atoms with Gasteiger partial charge >= 0.3 is 0 Å². The van der Waals surface area contributed by atoms with E-state index in [1.54, 1.807) is 31.2 Å². The van der Waals surface area contributed by atoms with Gasteiger partial charge in [-0.05, 0) is 52.3 Å². The van der Waals surface area contributed by atoms with Crippen molar-refractivity contribution in [1.82, 2.24) is 15.1 Å². The molecular weight excluding hydrogens is 318 g/mol. The molecule has 1 amide bonds. The van der Waals surface area contributed by atoms with Crippen LogP contribution in [0.1, 0.15) is 42.0 Å². The van der Waals surface area contributed by atoms with Crippen LogP contribution in [-0.2, 0) is 11.3 Å². The van der Waals surface area contributed by atoms with Gasteiger partial charge in [-0.1, -0.05) is 12.1 Å². The van der Waals surface area contributed by atoms with Gasteiger partial charge in [0.05, 0.1) is 5.69 Å². The molecule has 2 aromatic rings. The summed E-state index contributed by atoms with van der Waals surface area (Å²) in [4.78, 5) is 23.5. The molecule has 1 N–H and O–H groups in total. The van der Waals surface area contributed by atoms with E-state index in [4.69, 9.17) is 4.74 Å². The molecule has 0 fully saturated rings. The Bertz CT molecular complexity index is 752. The highest BCUT2D eigenvalue weighted by Gasteiger charge is 2.14. The maximum Gasteiger partial charge on any atom is 0.260 e. The van der Waals surface area contributed by atoms with E-state index in [2.05, 4.69) is 10.4 Å². The normalized spacial score (nSPS) is 11.8. The van der Waals surface area contributed by atoms with Crippen molar-refractivity contribution in [2.75, 3.05) is 6.54 Å². The number of aromatic nitrogens is 2. The number of ketones is 1. The number of aryl methyl sites for hydroxylation is 3. The first-order valence-electron chi connectivity index (χ1n) is 8.43. The van der Waals surface area contributed by atoms with E-state index >= 15 is 0 Å². The van der Waals surface area contributed by atoms with Crippen LogP contribution in [0.5, 0.6) is 5.75 Å². The molecule has 2 rings (SSSR count). The fraction of sp³-hybridized carbons (Fsp3) is 0.421. The molecule has 1 heterocycles. The van der Waals surface area contributed by atoms with Gasteiger partial charge in [-0.25, -0.2) is 0 Å². The number of hydrogen-bond donors (Lipinski definition) is 1. The van der Waals surface area contributed by atoms with Crippen LogP contribution in [0.15, 0.2) is 30.3 Å². The molecule has 0 aliphatic rings. The number of carbonyl (C=O) groups excluding carboxylic acids is 2. The molecule has 0 unspecified atom stereocenters. The summed E-state index contributed by atoms with van der Waals surface area (Å²) in [5.41, 5.74) is 2.68. The monoisotopic (exact) mass is 343 g/mol. The zero-order valence-corrected chi connectivity index (χ0v) is 15.2. The summed E-state index contributed by atoms with van der Waals surface area (Å²) in [5.74, 6) is 0.297. The predicted molar refractivity (Wildman–Crippen MR) is 95.9 cm³/mol. The lowest BCUT2D eigenvalue weighted by Crippen LogP contribution is -2.37. The van der Waals surface area contributed by atoms with Gasteiger partial charge in [0.2, 0.25) is 0 Å². The first-order chi connectivity index (χ1) is 11.9. The van der Waals surface area contributed by atoms with Crippen molar-refractivity contribution in [3.05, 3.63) is 47.3 Å². The third kappa shape index (κ3) is 5.45. The molecule has 0 aliphatic heterocycles. The third-order valence-corrected chi connectivity index (χ3v) is 3.87. The van der Waals surface area contributed by atoms with Gasteiger partial charge < -0.3 is 10.1 Å². The van der Waals surface area contributed by atoms with Crippen LogP contribution in [-0.4, -0.2) is 34.1 Å². The Labute approximate surface area is 148 Å². The Hall–Kier alpha value is -2.63. The van der Waals surface area contributed by atoms with Gasteiger partial charge in [0, 0.05) is 24.3 Å². The fourth-order valence-corrected chi connectivity index (χ4v) is 2.53. The molecule has 0 saturated heterocycles. The van der Waals surface area contributed by atoms with Crippen molar-refractivity contribution in [3.8, 4) is 5.75 Å². The summed E-state index contributed by atoms with van der Waals surface area (Å²) in [6.45, 7) is 8.48. The molecule has 134 valence electrons. The van der Waals surface area contributed by atoms with Crippen molar-refractivity contribution in [2.24, 2.45) is 0 Å². The molecule has 0 saturated carbocycles. The van der Waals surface area contributed by atoms with Crippen LogP contribution in [0.3, 0.4) is 0 Å². The fourth-order valence-electron chi connectivity index (χ4n) is 2.53. The molecule has 0 aliphatic carbocycles. The summed E-state index contributed by atoms with van der Waals surface area (Å²) in [5, 5.41) is 7.26. The van der Waals surface area contributed by atoms with Crippen molar-refractivity contribution in [2.45, 2.75) is 46.8 Å². The van der Waals surface area contributed by atoms with Crippen LogP contribution >= 0.6 is 0 Å². The Morgan fingerprint density at radius 2 is 2.04 bits per heavy atom. The van der Waals surface area contributed by atoms with Crippen LogP contribution in [0.4, 0.5) is 0 Å². The lowest BCUT2D eigenvalue weighted by atomic mass is 10.1. The number of nitrogens with one attached hydrogen (secondary N) is 1. The predicted octanol–water partition coefficient (Wildman–Crippen LogP) is 2.68. The molecule has 1 aromatic carbocycles. The largest absolute Gasteiger partial charge is 0.481 e. The topological polar surface area (TPSA) is 73.2 Å². The molecule has 0 radical (unpaired) electrons. The summed E-state index contributed by atoms with van der Waals surface area (Å²) < 4.78 is 7.56. The highest BCUT2D eigenvalue weighted by atomic mass is 16.5. The molecule has 1 aromatic heterocycles. The van der Waals surface area contributed by atoms with Crippen LogP contribution < -0.4 is 10.1 Å². The number of benzene rings is 1. The number of amides is 1. The smallest absolute Gasteiger partial charge is 0.260 e. The highest BCUT2D eigenvalue weighted by Crippen LogP contribution is 2.15. The lowest BCUT2D eigenvalue weighted by molar-refractivity contribution is -0.127. The van der Waals surface area contributed by atoms with Gasteiger partial charge in [0.1, 0.15) is 5.75 Å². The van der Waals surface area contributed by atoms with Gasteiger partial charge in [-0.3, -0.25) is 14.3 Å². The summed E-state index contributed by atoms with van der Waals surface area (Å²) >= 11 is 0. The summed E-state index contributed by atoms with van der Waals surface area (Å²) in [6.07, 6.45) is 0.163. The second-order valence-electron chi connectivity index (χ2n) is 6.14. The van der Waals surface area contributed by atoms with E-state index < -0.39 is 6.10 Å². The van der Waals surface area contributed by atoms with Crippen molar-refractivity contribution in [1.29, 1.82) is 0 Å². The van der Waals surface area contributed by atoms with Gasteiger partial charge in [-0.15, -0.1) is 0 Å². The minimum absolute atomic E-state index is 0.0355. The lowest BCUT2D eigenvalue weighted by Gasteiger charge is -2.15. The van der Waals surface area contributed by atoms with E-state index in [1.165, 1.54) is 6.92 Å². The molecule has 0 bridgehead atoms. The Kier molecular flexibility index (Phi) is 6.33. The zero-order chi connectivity index (χ0) is 18.4. The van der Waals surface area contributed by atoms with Gasteiger partial charge in [0.15, 0.2) is 11.9 Å². The van der Waals surface area contributed by atoms with Crippen molar-refractivity contribution >= 4 is 11.7 Å². The standard InChI is InChI=1S/C19H25N3O3/c1-13-11-14(2)22(21-13)10-6-9-20-19(24)16(4)25-18-8-5-7-17(12-18)15(3)23/h5,7-8,11-12,16H,6,9-10H2,1-4H3,(H,20,24)/t16-/m0/s1. The summed E-state index contributed by atoms with van der Waals surface area (Å²) in [6, 6.07) is 8.88. The van der Waals surface area contributed by atoms with Gasteiger partial charge in [0.25, 0.3) is 5.91 Å². The maximum atomic E-state index is 12.1. The molecule has 0 spiro atoms. The minimum Gasteiger partial charge on any atom is -0.481 e. The number of Topliss-reactive ketones (excluding diaryl/α,β-unsaturated/α-hetero) is 1. The third-order valence-electron chi connectivity index (χ3n) is 3.87. The quantitative estimate of drug-likeness (QED) is 0.591. The zero-order valence-electron chi connectivity index (χ0n) is 15.2. The molecule has 1 atom stereocenters. The SMILES string of the molecule is CC(=O)c1cccc(O[C@@H](C)C(=O)NCCCn2nc(C)cc2C)c1. The van der Waals surface area contributed by atoms with Crippen LogP contribution in [0, 0.1) is 13.8 Å². The van der Waals surface area contributed by atoms with Crippen LogP contribution in [0.25, 0.3) is 0 Å². The van der Waals surface area contributed by atoms with E-state index in [1.807, 2.05) is 24.6 Å². The molecule has 6 nitrogen and oxygen atoms in total. The Morgan fingerprint density at radius 1 is 1.28 bits per heavy atom. The summed E-state index contributed by atoms with van der Waals surface area (Å²) in [7, 11) is 0. The van der Waals surface area contributed by atoms with Crippen molar-refractivity contribution in [3.63, 3.8) is 0 Å². The van der Waals surface area contributed by atoms with E-state index in [0.29, 0.717) is 17.9 Å². The minimum atomic E-state index is -0.629. The number of ether oxygens (including phenoxy) is 1. The average molecular weight is 343 g/mol. The van der Waals surface area contributed by atoms with Crippen LogP contribution in [0.2, 0.25) is 0 Å². The maximum absolute atomic E-state index is 12.1. The number of carbonyl (C=O) groups is 2. The number of hydrogen-bond acceptors (Lipinski definition) is 4. The Balaban J connectivity index is 1.77. The first-order valence-corrected chi connectivity index (χ1v) is 8.43. The molecular formula is C19H25N3O3. The van der Waals surface area contributed by atoms with E-state index in [-0.39, 0.29) is 11.7 Å². The van der Waals surface area contributed by atoms with E-state index in [9.17, 15) is 9.59 Å². The average Bonchev–Trinajstić information content (AvgIpc) is 2.89. The van der Waals surface area contributed by atoms with Gasteiger partial charge in [-0.2, -0.15) is 5.10 Å².